The minimum Gasteiger partial charge on any atom is -0.489 e. The molecule has 1 atom stereocenters. The van der Waals surface area contributed by atoms with Gasteiger partial charge in [-0.15, -0.1) is 0 Å². The first-order valence-corrected chi connectivity index (χ1v) is 11.6. The van der Waals surface area contributed by atoms with Crippen LogP contribution in [0, 0.1) is 12.7 Å². The number of fused-ring (bicyclic) bond motifs is 1. The fourth-order valence-corrected chi connectivity index (χ4v) is 4.31. The zero-order chi connectivity index (χ0) is 25.2. The van der Waals surface area contributed by atoms with Crippen molar-refractivity contribution in [1.82, 2.24) is 20.2 Å². The van der Waals surface area contributed by atoms with E-state index in [2.05, 4.69) is 26.2 Å². The van der Waals surface area contributed by atoms with Crippen LogP contribution in [0.1, 0.15) is 29.7 Å². The standard InChI is InChI=1S/C26H22ClFN6O2/c1-15-6-3-4-9-22(15)30-25(35)23-16(2)29-26-31-32-33-34(26)24(23)17-10-12-18(13-11-17)36-14-19-20(27)7-5-8-21(19)28/h3-13,24H,14H2,1-2H3,(H,30,35)(H,29,31,33)/t24-/m1/s1. The van der Waals surface area contributed by atoms with E-state index in [4.69, 9.17) is 16.3 Å². The van der Waals surface area contributed by atoms with Crippen LogP contribution in [-0.4, -0.2) is 26.1 Å². The van der Waals surface area contributed by atoms with Crippen molar-refractivity contribution in [2.24, 2.45) is 0 Å². The summed E-state index contributed by atoms with van der Waals surface area (Å²) >= 11 is 6.10. The lowest BCUT2D eigenvalue weighted by Gasteiger charge is -2.28. The van der Waals surface area contributed by atoms with Crippen molar-refractivity contribution in [3.05, 3.63) is 106 Å². The predicted octanol–water partition coefficient (Wildman–Crippen LogP) is 5.28. The summed E-state index contributed by atoms with van der Waals surface area (Å²) in [4.78, 5) is 13.5. The van der Waals surface area contributed by atoms with Crippen molar-refractivity contribution < 1.29 is 13.9 Å². The van der Waals surface area contributed by atoms with Crippen LogP contribution in [0.25, 0.3) is 0 Å². The van der Waals surface area contributed by atoms with Gasteiger partial charge in [0.15, 0.2) is 0 Å². The third-order valence-electron chi connectivity index (χ3n) is 5.99. The van der Waals surface area contributed by atoms with Crippen LogP contribution in [0.3, 0.4) is 0 Å². The molecular weight excluding hydrogens is 483 g/mol. The molecule has 10 heteroatoms. The number of para-hydroxylation sites is 1. The summed E-state index contributed by atoms with van der Waals surface area (Å²) < 4.78 is 21.4. The number of aromatic nitrogens is 4. The molecule has 0 aliphatic carbocycles. The second-order valence-corrected chi connectivity index (χ2v) is 8.75. The van der Waals surface area contributed by atoms with Crippen LogP contribution in [0.4, 0.5) is 16.0 Å². The molecule has 0 spiro atoms. The highest BCUT2D eigenvalue weighted by atomic mass is 35.5. The summed E-state index contributed by atoms with van der Waals surface area (Å²) in [6.07, 6.45) is 0. The van der Waals surface area contributed by atoms with E-state index in [0.29, 0.717) is 28.0 Å². The van der Waals surface area contributed by atoms with E-state index in [1.54, 1.807) is 28.9 Å². The SMILES string of the molecule is CC1=C(C(=O)Nc2ccccc2C)[C@@H](c2ccc(OCc3c(F)cccc3Cl)cc2)n2nnnc2N1. The number of nitrogens with zero attached hydrogens (tertiary/aromatic N) is 4. The van der Waals surface area contributed by atoms with Crippen molar-refractivity contribution in [3.63, 3.8) is 0 Å². The molecule has 2 heterocycles. The topological polar surface area (TPSA) is 94.0 Å². The second-order valence-electron chi connectivity index (χ2n) is 8.34. The van der Waals surface area contributed by atoms with Gasteiger partial charge in [0.1, 0.15) is 24.2 Å². The van der Waals surface area contributed by atoms with E-state index < -0.39 is 11.9 Å². The fraction of sp³-hybridized carbons (Fsp3) is 0.154. The van der Waals surface area contributed by atoms with Crippen molar-refractivity contribution in [2.45, 2.75) is 26.5 Å². The third-order valence-corrected chi connectivity index (χ3v) is 6.35. The van der Waals surface area contributed by atoms with Crippen LogP contribution in [-0.2, 0) is 11.4 Å². The number of carbonyl (C=O) groups excluding carboxylic acids is 1. The molecule has 1 aromatic heterocycles. The molecule has 0 saturated heterocycles. The van der Waals surface area contributed by atoms with Crippen molar-refractivity contribution in [1.29, 1.82) is 0 Å². The molecule has 8 nitrogen and oxygen atoms in total. The Morgan fingerprint density at radius 3 is 2.64 bits per heavy atom. The van der Waals surface area contributed by atoms with Gasteiger partial charge < -0.3 is 15.4 Å². The number of hydrogen-bond acceptors (Lipinski definition) is 6. The summed E-state index contributed by atoms with van der Waals surface area (Å²) in [6.45, 7) is 3.73. The number of carbonyl (C=O) groups is 1. The molecule has 3 aromatic carbocycles. The number of amides is 1. The molecule has 0 fully saturated rings. The Hall–Kier alpha value is -4.24. The maximum absolute atomic E-state index is 14.1. The minimum atomic E-state index is -0.574. The Morgan fingerprint density at radius 1 is 1.11 bits per heavy atom. The zero-order valence-corrected chi connectivity index (χ0v) is 20.3. The largest absolute Gasteiger partial charge is 0.489 e. The summed E-state index contributed by atoms with van der Waals surface area (Å²) in [7, 11) is 0. The molecule has 4 aromatic rings. The maximum atomic E-state index is 14.1. The van der Waals surface area contributed by atoms with E-state index in [9.17, 15) is 9.18 Å². The lowest BCUT2D eigenvalue weighted by atomic mass is 9.95. The van der Waals surface area contributed by atoms with E-state index in [-0.39, 0.29) is 18.1 Å². The van der Waals surface area contributed by atoms with Gasteiger partial charge in [0.05, 0.1) is 10.6 Å². The number of rotatable bonds is 6. The van der Waals surface area contributed by atoms with Gasteiger partial charge in [0.25, 0.3) is 5.91 Å². The Labute approximate surface area is 211 Å². The van der Waals surface area contributed by atoms with Gasteiger partial charge >= 0.3 is 0 Å². The van der Waals surface area contributed by atoms with Gasteiger partial charge in [-0.05, 0) is 65.7 Å². The molecule has 2 N–H and O–H groups in total. The highest BCUT2D eigenvalue weighted by Gasteiger charge is 2.34. The number of ether oxygens (including phenoxy) is 1. The van der Waals surface area contributed by atoms with Gasteiger partial charge in [-0.1, -0.05) is 53.1 Å². The van der Waals surface area contributed by atoms with Crippen molar-refractivity contribution in [2.75, 3.05) is 10.6 Å². The monoisotopic (exact) mass is 504 g/mol. The van der Waals surface area contributed by atoms with Gasteiger partial charge in [0, 0.05) is 16.9 Å². The molecule has 0 saturated carbocycles. The van der Waals surface area contributed by atoms with E-state index in [0.717, 1.165) is 16.8 Å². The summed E-state index contributed by atoms with van der Waals surface area (Å²) in [6, 6.07) is 18.7. The quantitative estimate of drug-likeness (QED) is 0.371. The molecule has 0 radical (unpaired) electrons. The molecule has 182 valence electrons. The molecule has 36 heavy (non-hydrogen) atoms. The number of anilines is 2. The van der Waals surface area contributed by atoms with E-state index in [1.165, 1.54) is 6.07 Å². The zero-order valence-electron chi connectivity index (χ0n) is 19.5. The smallest absolute Gasteiger partial charge is 0.255 e. The Morgan fingerprint density at radius 2 is 1.89 bits per heavy atom. The van der Waals surface area contributed by atoms with Gasteiger partial charge in [-0.3, -0.25) is 4.79 Å². The molecular formula is C26H22ClFN6O2. The second kappa shape index (κ2) is 9.79. The Balaban J connectivity index is 1.42. The highest BCUT2D eigenvalue weighted by Crippen LogP contribution is 2.36. The van der Waals surface area contributed by atoms with Gasteiger partial charge in [-0.2, -0.15) is 4.68 Å². The molecule has 1 amide bonds. The predicted molar refractivity (Wildman–Crippen MR) is 134 cm³/mol. The number of hydrogen-bond donors (Lipinski definition) is 2. The van der Waals surface area contributed by atoms with Crippen LogP contribution in [0.2, 0.25) is 5.02 Å². The molecule has 0 unspecified atom stereocenters. The van der Waals surface area contributed by atoms with Crippen LogP contribution >= 0.6 is 11.6 Å². The van der Waals surface area contributed by atoms with E-state index in [1.807, 2.05) is 50.2 Å². The Bertz CT molecular complexity index is 1450. The fourth-order valence-electron chi connectivity index (χ4n) is 4.09. The van der Waals surface area contributed by atoms with Gasteiger partial charge in [-0.25, -0.2) is 4.39 Å². The van der Waals surface area contributed by atoms with Gasteiger partial charge in [0.2, 0.25) is 5.95 Å². The van der Waals surface area contributed by atoms with Crippen molar-refractivity contribution >= 4 is 29.1 Å². The van der Waals surface area contributed by atoms with Crippen LogP contribution < -0.4 is 15.4 Å². The molecule has 5 rings (SSSR count). The third kappa shape index (κ3) is 4.52. The lowest BCUT2D eigenvalue weighted by molar-refractivity contribution is -0.113. The first-order valence-electron chi connectivity index (χ1n) is 11.2. The molecule has 1 aliphatic rings. The summed E-state index contributed by atoms with van der Waals surface area (Å²) in [5.74, 6) is 0.259. The first kappa shape index (κ1) is 23.5. The van der Waals surface area contributed by atoms with Crippen LogP contribution in [0.5, 0.6) is 5.75 Å². The maximum Gasteiger partial charge on any atom is 0.255 e. The van der Waals surface area contributed by atoms with Crippen molar-refractivity contribution in [3.8, 4) is 5.75 Å². The normalized spacial score (nSPS) is 14.7. The average molecular weight is 505 g/mol. The highest BCUT2D eigenvalue weighted by molar-refractivity contribution is 6.31. The average Bonchev–Trinajstić information content (AvgIpc) is 3.33. The number of nitrogens with one attached hydrogen (secondary N) is 2. The lowest BCUT2D eigenvalue weighted by Crippen LogP contribution is -2.31. The number of aryl methyl sites for hydroxylation is 1. The number of allylic oxidation sites excluding steroid dienone is 1. The van der Waals surface area contributed by atoms with E-state index >= 15 is 0 Å². The summed E-state index contributed by atoms with van der Waals surface area (Å²) in [5, 5.41) is 18.3. The molecule has 1 aliphatic heterocycles. The Kier molecular flexibility index (Phi) is 6.39. The minimum absolute atomic E-state index is 0.0154. The number of halogens is 2. The number of tetrazole rings is 1. The molecule has 0 bridgehead atoms. The summed E-state index contributed by atoms with van der Waals surface area (Å²) in [5.41, 5.74) is 3.85. The van der Waals surface area contributed by atoms with Crippen LogP contribution in [0.15, 0.2) is 78.0 Å². The first-order chi connectivity index (χ1) is 17.4. The number of benzene rings is 3.